The molecule has 0 spiro atoms. The molecule has 22 nitrogen and oxygen atoms in total. The summed E-state index contributed by atoms with van der Waals surface area (Å²) in [6.45, 7) is 2.96. The zero-order valence-corrected chi connectivity index (χ0v) is 48.3. The van der Waals surface area contributed by atoms with Crippen molar-refractivity contribution < 1.29 is 37.4 Å². The fraction of sp³-hybridized carbons (Fsp3) is 0.500. The minimum atomic E-state index is -2.80. The number of nitrogens with two attached hydrogens (primary N) is 1. The normalized spacial score (nSPS) is 19.2. The zero-order valence-electron chi connectivity index (χ0n) is 47.6. The third-order valence-electron chi connectivity index (χ3n) is 16.6. The van der Waals surface area contributed by atoms with Crippen LogP contribution in [0.4, 0.5) is 36.7 Å². The summed E-state index contributed by atoms with van der Waals surface area (Å²) in [6.07, 6.45) is 8.65. The highest BCUT2D eigenvalue weighted by molar-refractivity contribution is 6.33. The number of amidine groups is 1. The van der Waals surface area contributed by atoms with Crippen LogP contribution < -0.4 is 57.2 Å². The van der Waals surface area contributed by atoms with Gasteiger partial charge in [-0.2, -0.15) is 4.98 Å². The first-order valence-corrected chi connectivity index (χ1v) is 28.7. The summed E-state index contributed by atoms with van der Waals surface area (Å²) < 4.78 is 42.0. The Balaban J connectivity index is 0.759. The quantitative estimate of drug-likeness (QED) is 0.0501. The Labute approximate surface area is 485 Å². The third-order valence-corrected chi connectivity index (χ3v) is 16.9. The lowest BCUT2D eigenvalue weighted by atomic mass is 9.84. The first kappa shape index (κ1) is 59.6. The van der Waals surface area contributed by atoms with E-state index in [1.54, 1.807) is 55.2 Å². The van der Waals surface area contributed by atoms with Crippen molar-refractivity contribution in [3.05, 3.63) is 86.1 Å². The first-order chi connectivity index (χ1) is 40.0. The largest absolute Gasteiger partial charge is 0.494 e. The number of anilines is 4. The van der Waals surface area contributed by atoms with Gasteiger partial charge < -0.3 is 66.0 Å². The number of methoxy groups -OCH3 is 1. The monoisotopic (exact) mass is 1170 g/mol. The van der Waals surface area contributed by atoms with Gasteiger partial charge in [-0.3, -0.25) is 29.6 Å². The van der Waals surface area contributed by atoms with Gasteiger partial charge in [-0.1, -0.05) is 11.6 Å². The number of nitrogens with one attached hydrogen (secondary N) is 6. The first-order valence-electron chi connectivity index (χ1n) is 28.3. The summed E-state index contributed by atoms with van der Waals surface area (Å²) in [4.78, 5) is 86.3. The number of likely N-dealkylation sites (N-methyl/N-ethyl adjacent to an activating group) is 1. The molecule has 5 amide bonds. The van der Waals surface area contributed by atoms with Gasteiger partial charge in [0, 0.05) is 155 Å². The van der Waals surface area contributed by atoms with E-state index in [1.807, 2.05) is 9.80 Å². The molecule has 444 valence electrons. The summed E-state index contributed by atoms with van der Waals surface area (Å²) in [6, 6.07) is 8.01. The number of aromatic nitrogens is 3. The third kappa shape index (κ3) is 13.3. The number of rotatable bonds is 16. The van der Waals surface area contributed by atoms with Crippen molar-refractivity contribution in [2.75, 3.05) is 95.8 Å². The second-order valence-corrected chi connectivity index (χ2v) is 22.1. The predicted octanol–water partition coefficient (Wildman–Crippen LogP) is 6.00. The van der Waals surface area contributed by atoms with E-state index < -0.39 is 12.0 Å². The molecule has 0 bridgehead atoms. The van der Waals surface area contributed by atoms with Crippen molar-refractivity contribution in [3.63, 3.8) is 0 Å². The van der Waals surface area contributed by atoms with E-state index in [9.17, 15) is 38.2 Å². The second-order valence-electron chi connectivity index (χ2n) is 21.7. The Morgan fingerprint density at radius 1 is 0.904 bits per heavy atom. The van der Waals surface area contributed by atoms with Gasteiger partial charge in [0.1, 0.15) is 16.6 Å². The number of hydrogen-bond acceptors (Lipinski definition) is 15. The molecular formula is C58H74ClF2N15O7. The Morgan fingerprint density at radius 3 is 2.33 bits per heavy atom. The van der Waals surface area contributed by atoms with Crippen LogP contribution in [0.25, 0.3) is 16.5 Å². The smallest absolute Gasteiger partial charge is 0.317 e. The number of carbonyl (C=O) groups is 4. The standard InChI is InChI=1S/C58H74ClF2N15O7/c1-64-29-37(28-62)41-24-35-7-6-17-76(46(35)27-42(41)51(60)61)52(63)43-31-75(58(81)66-3)22-16-45(43)68-39-14-20-73(21-15-39)55(79)34-8-10-38(11-9-34)70-54(78)33-12-18-74(19-13-33)57-67-30-44(59)53(71-57)69-40-23-36-25-48(83-32-49(77)65-2)56(80)72(4)50(36)47(26-40)82-5/h23-30,33-34,38-39,51,63,68H,6-22,31-32,62H2,1-5H3,(H,65,77)(H,66,81)(H,70,78)(H,67,69,71)/b37-28+,63-52?,64-29?. The maximum absolute atomic E-state index is 14.7. The van der Waals surface area contributed by atoms with Crippen molar-refractivity contribution in [3.8, 4) is 11.5 Å². The number of urea groups is 1. The minimum Gasteiger partial charge on any atom is -0.494 e. The van der Waals surface area contributed by atoms with Crippen LogP contribution in [0.5, 0.6) is 11.5 Å². The molecule has 8 N–H and O–H groups in total. The summed E-state index contributed by atoms with van der Waals surface area (Å²) in [5, 5.41) is 26.0. The van der Waals surface area contributed by atoms with E-state index in [-0.39, 0.29) is 83.0 Å². The number of pyridine rings is 1. The summed E-state index contributed by atoms with van der Waals surface area (Å²) in [5.74, 6) is 0.818. The highest BCUT2D eigenvalue weighted by Gasteiger charge is 2.36. The number of ether oxygens (including phenoxy) is 2. The molecule has 1 aliphatic carbocycles. The fourth-order valence-corrected chi connectivity index (χ4v) is 12.2. The molecule has 9 rings (SSSR count). The molecular weight excluding hydrogens is 1090 g/mol. The predicted molar refractivity (Wildman–Crippen MR) is 316 cm³/mol. The van der Waals surface area contributed by atoms with Crippen LogP contribution >= 0.6 is 11.6 Å². The average Bonchev–Trinajstić information content (AvgIpc) is 3.70. The van der Waals surface area contributed by atoms with Crippen molar-refractivity contribution in [1.29, 1.82) is 5.41 Å². The molecule has 25 heteroatoms. The average molecular weight is 1170 g/mol. The number of likely N-dealkylation sites (tertiary alicyclic amines) is 1. The molecule has 4 aromatic rings. The van der Waals surface area contributed by atoms with Crippen LogP contribution in [-0.4, -0.2) is 153 Å². The van der Waals surface area contributed by atoms with E-state index in [1.165, 1.54) is 43.4 Å². The Kier molecular flexibility index (Phi) is 19.0. The molecule has 5 aliphatic rings. The molecule has 0 radical (unpaired) electrons. The number of piperidine rings is 2. The molecule has 2 aromatic heterocycles. The van der Waals surface area contributed by atoms with Gasteiger partial charge in [0.15, 0.2) is 18.2 Å². The molecule has 0 atom stereocenters. The van der Waals surface area contributed by atoms with Crippen molar-refractivity contribution >= 4 is 87.0 Å². The fourth-order valence-electron chi connectivity index (χ4n) is 12.0. The summed E-state index contributed by atoms with van der Waals surface area (Å²) >= 11 is 6.62. The van der Waals surface area contributed by atoms with E-state index in [0.717, 1.165) is 11.3 Å². The van der Waals surface area contributed by atoms with Crippen LogP contribution in [0, 0.1) is 17.2 Å². The van der Waals surface area contributed by atoms with Gasteiger partial charge in [-0.15, -0.1) is 0 Å². The maximum Gasteiger partial charge on any atom is 0.317 e. The van der Waals surface area contributed by atoms with Gasteiger partial charge in [0.05, 0.1) is 25.4 Å². The summed E-state index contributed by atoms with van der Waals surface area (Å²) in [5.41, 5.74) is 9.84. The second kappa shape index (κ2) is 26.5. The molecule has 3 fully saturated rings. The number of carbonyl (C=O) groups excluding carboxylic acids is 4. The topological polar surface area (TPSA) is 270 Å². The van der Waals surface area contributed by atoms with Crippen LogP contribution in [0.15, 0.2) is 63.8 Å². The molecule has 0 unspecified atom stereocenters. The van der Waals surface area contributed by atoms with E-state index >= 15 is 0 Å². The number of aliphatic imine (C=N–C) groups is 1. The molecule has 83 heavy (non-hydrogen) atoms. The number of alkyl halides is 2. The van der Waals surface area contributed by atoms with Crippen LogP contribution in [-0.2, 0) is 27.9 Å². The number of aryl methyl sites for hydroxylation is 2. The lowest BCUT2D eigenvalue weighted by Crippen LogP contribution is -2.51. The van der Waals surface area contributed by atoms with Gasteiger partial charge in [0.25, 0.3) is 17.9 Å². The number of allylic oxidation sites excluding steroid dienone is 1. The van der Waals surface area contributed by atoms with E-state index in [0.29, 0.717) is 166 Å². The molecule has 6 heterocycles. The van der Waals surface area contributed by atoms with Crippen molar-refractivity contribution in [2.24, 2.45) is 29.6 Å². The van der Waals surface area contributed by atoms with E-state index in [4.69, 9.17) is 31.8 Å². The summed E-state index contributed by atoms with van der Waals surface area (Å²) in [7, 11) is 7.70. The lowest BCUT2D eigenvalue weighted by molar-refractivity contribution is -0.137. The minimum absolute atomic E-state index is 0.000860. The maximum atomic E-state index is 14.7. The van der Waals surface area contributed by atoms with Crippen molar-refractivity contribution in [2.45, 2.75) is 89.1 Å². The Hall–Kier alpha value is -8.02. The van der Waals surface area contributed by atoms with Gasteiger partial charge >= 0.3 is 6.03 Å². The number of amides is 5. The molecule has 4 aliphatic heterocycles. The molecule has 2 aromatic carbocycles. The Bertz CT molecular complexity index is 3280. The van der Waals surface area contributed by atoms with E-state index in [2.05, 4.69) is 36.6 Å². The number of nitrogens with zero attached hydrogens (tertiary/aromatic N) is 8. The molecule has 1 saturated carbocycles. The highest BCUT2D eigenvalue weighted by atomic mass is 35.5. The highest BCUT2D eigenvalue weighted by Crippen LogP contribution is 2.39. The van der Waals surface area contributed by atoms with Gasteiger partial charge in [-0.05, 0) is 99.6 Å². The number of fused-ring (bicyclic) bond motifs is 2. The van der Waals surface area contributed by atoms with Gasteiger partial charge in [-0.25, -0.2) is 18.6 Å². The lowest BCUT2D eigenvalue weighted by Gasteiger charge is -2.40. The SMILES string of the molecule is CN=C/C(=C\N)c1cc2c(cc1C(F)F)N(C(=N)C1=C(NC3CCN(C(=O)C4CCC(NC(=O)C5CCN(c6ncc(Cl)c(Nc7cc(OC)c8c(c7)cc(OCC(=O)NC)c(=O)n8C)n6)CC5)CC4)CC3)CCN(C(=O)NC)C1)CCC2. The number of benzene rings is 2. The Morgan fingerprint density at radius 2 is 1.65 bits per heavy atom. The van der Waals surface area contributed by atoms with Crippen LogP contribution in [0.3, 0.4) is 0 Å². The van der Waals surface area contributed by atoms with Crippen LogP contribution in [0.2, 0.25) is 5.02 Å². The molecule has 2 saturated heterocycles. The number of halogens is 3. The zero-order chi connectivity index (χ0) is 59.1. The van der Waals surface area contributed by atoms with Crippen molar-refractivity contribution in [1.82, 2.24) is 45.6 Å². The van der Waals surface area contributed by atoms with Crippen LogP contribution in [0.1, 0.15) is 87.3 Å². The number of hydrogen-bond donors (Lipinski definition) is 7. The van der Waals surface area contributed by atoms with Gasteiger partial charge in [0.2, 0.25) is 17.8 Å².